The molecule has 2 atom stereocenters. The monoisotopic (exact) mass is 379 g/mol. The van der Waals surface area contributed by atoms with Crippen LogP contribution in [-0.2, 0) is 4.79 Å². The van der Waals surface area contributed by atoms with E-state index in [1.165, 1.54) is 37.7 Å². The summed E-state index contributed by atoms with van der Waals surface area (Å²) >= 11 is 0. The van der Waals surface area contributed by atoms with Crippen LogP contribution in [0.2, 0.25) is 0 Å². The zero-order valence-corrected chi connectivity index (χ0v) is 17.4. The average Bonchev–Trinajstić information content (AvgIpc) is 2.95. The quantitative estimate of drug-likeness (QED) is 0.513. The van der Waals surface area contributed by atoms with E-state index in [2.05, 4.69) is 68.1 Å². The Morgan fingerprint density at radius 1 is 1.00 bits per heavy atom. The molecule has 3 heteroatoms. The molecule has 3 nitrogen and oxygen atoms in total. The minimum Gasteiger partial charge on any atom is -0.481 e. The fourth-order valence-corrected chi connectivity index (χ4v) is 4.45. The SMILES string of the molecule is CCCCCCCCN1c2ccc(-c3cccc(C)c3)cc2C(C(=O)O)C1C. The third kappa shape index (κ3) is 4.40. The van der Waals surface area contributed by atoms with Crippen LogP contribution in [0.15, 0.2) is 42.5 Å². The molecule has 1 heterocycles. The Kier molecular flexibility index (Phi) is 6.77. The van der Waals surface area contributed by atoms with E-state index in [1.807, 2.05) is 0 Å². The van der Waals surface area contributed by atoms with Crippen LogP contribution in [0, 0.1) is 6.92 Å². The molecule has 2 aromatic carbocycles. The maximum Gasteiger partial charge on any atom is 0.313 e. The molecule has 0 amide bonds. The van der Waals surface area contributed by atoms with Crippen molar-refractivity contribution in [3.05, 3.63) is 53.6 Å². The van der Waals surface area contributed by atoms with Gasteiger partial charge in [-0.2, -0.15) is 0 Å². The number of anilines is 1. The van der Waals surface area contributed by atoms with Crippen molar-refractivity contribution in [2.75, 3.05) is 11.4 Å². The Morgan fingerprint density at radius 2 is 1.71 bits per heavy atom. The lowest BCUT2D eigenvalue weighted by Gasteiger charge is -2.26. The molecule has 150 valence electrons. The predicted molar refractivity (Wildman–Crippen MR) is 117 cm³/mol. The first-order valence-electron chi connectivity index (χ1n) is 10.7. The van der Waals surface area contributed by atoms with Crippen molar-refractivity contribution in [3.63, 3.8) is 0 Å². The maximum absolute atomic E-state index is 12.0. The van der Waals surface area contributed by atoms with Gasteiger partial charge in [0.1, 0.15) is 5.92 Å². The van der Waals surface area contributed by atoms with Crippen LogP contribution in [0.3, 0.4) is 0 Å². The highest BCUT2D eigenvalue weighted by Gasteiger charge is 2.39. The van der Waals surface area contributed by atoms with E-state index in [0.717, 1.165) is 35.3 Å². The Bertz CT molecular complexity index is 814. The van der Waals surface area contributed by atoms with Crippen molar-refractivity contribution in [2.45, 2.75) is 71.3 Å². The van der Waals surface area contributed by atoms with Gasteiger partial charge in [0, 0.05) is 18.3 Å². The van der Waals surface area contributed by atoms with E-state index in [4.69, 9.17) is 0 Å². The number of unbranched alkanes of at least 4 members (excludes halogenated alkanes) is 5. The second-order valence-corrected chi connectivity index (χ2v) is 8.16. The average molecular weight is 380 g/mol. The topological polar surface area (TPSA) is 40.5 Å². The van der Waals surface area contributed by atoms with Crippen molar-refractivity contribution in [1.82, 2.24) is 0 Å². The number of carboxylic acids is 1. The van der Waals surface area contributed by atoms with E-state index >= 15 is 0 Å². The molecule has 1 N–H and O–H groups in total. The van der Waals surface area contributed by atoms with Crippen molar-refractivity contribution in [3.8, 4) is 11.1 Å². The number of aryl methyl sites for hydroxylation is 1. The summed E-state index contributed by atoms with van der Waals surface area (Å²) in [5.74, 6) is -1.18. The third-order valence-corrected chi connectivity index (χ3v) is 6.02. The van der Waals surface area contributed by atoms with Crippen LogP contribution >= 0.6 is 0 Å². The highest BCUT2D eigenvalue weighted by atomic mass is 16.4. The summed E-state index contributed by atoms with van der Waals surface area (Å²) in [6, 6.07) is 14.8. The third-order valence-electron chi connectivity index (χ3n) is 6.02. The molecular weight excluding hydrogens is 346 g/mol. The molecule has 0 fully saturated rings. The lowest BCUT2D eigenvalue weighted by Crippen LogP contribution is -2.34. The van der Waals surface area contributed by atoms with E-state index in [1.54, 1.807) is 0 Å². The van der Waals surface area contributed by atoms with E-state index in [9.17, 15) is 9.90 Å². The van der Waals surface area contributed by atoms with Crippen LogP contribution in [0.1, 0.15) is 69.4 Å². The Balaban J connectivity index is 1.80. The zero-order chi connectivity index (χ0) is 20.1. The molecule has 3 rings (SSSR count). The standard InChI is InChI=1S/C25H33NO2/c1-4-5-6-7-8-9-15-26-19(3)24(25(27)28)22-17-21(13-14-23(22)26)20-12-10-11-18(2)16-20/h10-14,16-17,19,24H,4-9,15H2,1-3H3,(H,27,28). The maximum atomic E-state index is 12.0. The lowest BCUT2D eigenvalue weighted by molar-refractivity contribution is -0.139. The first-order chi connectivity index (χ1) is 13.5. The smallest absolute Gasteiger partial charge is 0.313 e. The summed E-state index contributed by atoms with van der Waals surface area (Å²) in [5, 5.41) is 9.90. The number of rotatable bonds is 9. The van der Waals surface area contributed by atoms with Gasteiger partial charge < -0.3 is 10.0 Å². The molecule has 0 spiro atoms. The normalized spacial score (nSPS) is 18.3. The summed E-state index contributed by atoms with van der Waals surface area (Å²) in [7, 11) is 0. The number of benzene rings is 2. The Hall–Kier alpha value is -2.29. The van der Waals surface area contributed by atoms with Crippen molar-refractivity contribution in [1.29, 1.82) is 0 Å². The fourth-order valence-electron chi connectivity index (χ4n) is 4.45. The summed E-state index contributed by atoms with van der Waals surface area (Å²) in [6.45, 7) is 7.32. The Labute approximate surface area is 169 Å². The van der Waals surface area contributed by atoms with E-state index in [0.29, 0.717) is 0 Å². The first kappa shape index (κ1) is 20.4. The minimum atomic E-state index is -0.722. The van der Waals surface area contributed by atoms with Gasteiger partial charge in [0.05, 0.1) is 0 Å². The second kappa shape index (κ2) is 9.27. The molecule has 0 bridgehead atoms. The molecule has 1 aliphatic heterocycles. The highest BCUT2D eigenvalue weighted by molar-refractivity contribution is 5.85. The fraction of sp³-hybridized carbons (Fsp3) is 0.480. The highest BCUT2D eigenvalue weighted by Crippen LogP contribution is 2.43. The largest absolute Gasteiger partial charge is 0.481 e. The molecule has 0 aliphatic carbocycles. The van der Waals surface area contributed by atoms with Crippen LogP contribution in [-0.4, -0.2) is 23.7 Å². The number of nitrogens with zero attached hydrogens (tertiary/aromatic N) is 1. The van der Waals surface area contributed by atoms with Crippen LogP contribution < -0.4 is 4.90 Å². The van der Waals surface area contributed by atoms with Gasteiger partial charge in [-0.25, -0.2) is 0 Å². The molecule has 2 aromatic rings. The number of fused-ring (bicyclic) bond motifs is 1. The minimum absolute atomic E-state index is 0.00380. The van der Waals surface area contributed by atoms with Gasteiger partial charge in [-0.1, -0.05) is 74.9 Å². The number of carboxylic acid groups (broad SMARTS) is 1. The van der Waals surface area contributed by atoms with Crippen LogP contribution in [0.25, 0.3) is 11.1 Å². The van der Waals surface area contributed by atoms with Gasteiger partial charge in [0.2, 0.25) is 0 Å². The summed E-state index contributed by atoms with van der Waals surface area (Å²) in [5.41, 5.74) is 5.52. The van der Waals surface area contributed by atoms with E-state index in [-0.39, 0.29) is 6.04 Å². The van der Waals surface area contributed by atoms with Gasteiger partial charge in [0.25, 0.3) is 0 Å². The molecule has 0 saturated heterocycles. The van der Waals surface area contributed by atoms with Gasteiger partial charge in [-0.05, 0) is 49.1 Å². The van der Waals surface area contributed by atoms with Crippen molar-refractivity contribution >= 4 is 11.7 Å². The summed E-state index contributed by atoms with van der Waals surface area (Å²) in [4.78, 5) is 14.4. The van der Waals surface area contributed by atoms with Crippen molar-refractivity contribution in [2.24, 2.45) is 0 Å². The van der Waals surface area contributed by atoms with Gasteiger partial charge in [-0.3, -0.25) is 4.79 Å². The first-order valence-corrected chi connectivity index (χ1v) is 10.7. The molecule has 28 heavy (non-hydrogen) atoms. The van der Waals surface area contributed by atoms with Gasteiger partial charge in [-0.15, -0.1) is 0 Å². The molecule has 1 aliphatic rings. The summed E-state index contributed by atoms with van der Waals surface area (Å²) in [6.07, 6.45) is 7.50. The number of hydrogen-bond acceptors (Lipinski definition) is 2. The van der Waals surface area contributed by atoms with Crippen LogP contribution in [0.4, 0.5) is 5.69 Å². The predicted octanol–water partition coefficient (Wildman–Crippen LogP) is 6.40. The van der Waals surface area contributed by atoms with Crippen LogP contribution in [0.5, 0.6) is 0 Å². The van der Waals surface area contributed by atoms with Gasteiger partial charge >= 0.3 is 5.97 Å². The number of carbonyl (C=O) groups is 1. The second-order valence-electron chi connectivity index (χ2n) is 8.16. The Morgan fingerprint density at radius 3 is 2.43 bits per heavy atom. The molecule has 0 radical (unpaired) electrons. The number of aliphatic carboxylic acids is 1. The van der Waals surface area contributed by atoms with E-state index < -0.39 is 11.9 Å². The summed E-state index contributed by atoms with van der Waals surface area (Å²) < 4.78 is 0. The van der Waals surface area contributed by atoms with Gasteiger partial charge in [0.15, 0.2) is 0 Å². The lowest BCUT2D eigenvalue weighted by atomic mass is 9.93. The molecule has 2 unspecified atom stereocenters. The molecule has 0 saturated carbocycles. The molecule has 0 aromatic heterocycles. The zero-order valence-electron chi connectivity index (χ0n) is 17.4. The number of hydrogen-bond donors (Lipinski definition) is 1. The van der Waals surface area contributed by atoms with Crippen molar-refractivity contribution < 1.29 is 9.90 Å². The molecular formula is C25H33NO2.